The molecular formula is C18H22N4O3. The Hall–Kier alpha value is -2.41. The number of ether oxygens (including phenoxy) is 2. The van der Waals surface area contributed by atoms with Crippen LogP contribution in [0.2, 0.25) is 0 Å². The van der Waals surface area contributed by atoms with Crippen molar-refractivity contribution >= 4 is 5.91 Å². The van der Waals surface area contributed by atoms with E-state index in [9.17, 15) is 4.79 Å². The van der Waals surface area contributed by atoms with Crippen molar-refractivity contribution < 1.29 is 14.3 Å². The normalized spacial score (nSPS) is 24.5. The van der Waals surface area contributed by atoms with Crippen molar-refractivity contribution in [2.75, 3.05) is 20.3 Å². The maximum absolute atomic E-state index is 11.3. The maximum atomic E-state index is 11.3. The fourth-order valence-electron chi connectivity index (χ4n) is 3.17. The largest absolute Gasteiger partial charge is 0.492 e. The second kappa shape index (κ2) is 6.48. The van der Waals surface area contributed by atoms with E-state index in [-0.39, 0.29) is 12.1 Å². The molecule has 25 heavy (non-hydrogen) atoms. The lowest BCUT2D eigenvalue weighted by atomic mass is 9.80. The first kappa shape index (κ1) is 16.1. The highest BCUT2D eigenvalue weighted by Crippen LogP contribution is 2.32. The van der Waals surface area contributed by atoms with E-state index in [2.05, 4.69) is 10.1 Å². The number of carbonyl (C=O) groups excluding carboxylic acids is 1. The number of epoxide rings is 1. The van der Waals surface area contributed by atoms with Crippen LogP contribution >= 0.6 is 0 Å². The Morgan fingerprint density at radius 1 is 1.40 bits per heavy atom. The van der Waals surface area contributed by atoms with Crippen molar-refractivity contribution in [3.8, 4) is 17.1 Å². The Morgan fingerprint density at radius 2 is 2.20 bits per heavy atom. The van der Waals surface area contributed by atoms with Crippen LogP contribution in [0.4, 0.5) is 0 Å². The number of pyridine rings is 1. The van der Waals surface area contributed by atoms with E-state index in [1.54, 1.807) is 19.3 Å². The molecule has 0 aromatic carbocycles. The predicted octanol–water partition coefficient (Wildman–Crippen LogP) is 2.11. The molecule has 0 N–H and O–H groups in total. The molecule has 0 spiro atoms. The van der Waals surface area contributed by atoms with Gasteiger partial charge in [0, 0.05) is 26.2 Å². The highest BCUT2D eigenvalue weighted by molar-refractivity contribution is 5.73. The highest BCUT2D eigenvalue weighted by Gasteiger charge is 2.33. The Kier molecular flexibility index (Phi) is 4.17. The molecule has 2 aromatic heterocycles. The molecule has 1 amide bonds. The maximum Gasteiger partial charge on any atom is 0.219 e. The standard InChI is InChI=1S/C18H22N4O3/c1-12(23)21(2)14-7-13(8-14)10-24-15-3-4-16(19-9-15)17-5-6-20-22(17)18-11-25-18/h3-6,9,13-14,18H,7-8,10-11H2,1-2H3. The quantitative estimate of drug-likeness (QED) is 0.752. The summed E-state index contributed by atoms with van der Waals surface area (Å²) in [5, 5.41) is 4.28. The summed E-state index contributed by atoms with van der Waals surface area (Å²) in [4.78, 5) is 17.6. The zero-order valence-electron chi connectivity index (χ0n) is 14.5. The van der Waals surface area contributed by atoms with Crippen molar-refractivity contribution in [1.82, 2.24) is 19.7 Å². The smallest absolute Gasteiger partial charge is 0.219 e. The second-order valence-electron chi connectivity index (χ2n) is 6.76. The van der Waals surface area contributed by atoms with E-state index < -0.39 is 0 Å². The minimum Gasteiger partial charge on any atom is -0.492 e. The van der Waals surface area contributed by atoms with Gasteiger partial charge in [-0.15, -0.1) is 0 Å². The minimum atomic E-state index is 0.0439. The average molecular weight is 342 g/mol. The van der Waals surface area contributed by atoms with Gasteiger partial charge in [0.15, 0.2) is 6.23 Å². The van der Waals surface area contributed by atoms with Gasteiger partial charge in [-0.05, 0) is 37.0 Å². The van der Waals surface area contributed by atoms with Gasteiger partial charge in [0.05, 0.1) is 30.8 Å². The zero-order chi connectivity index (χ0) is 17.4. The van der Waals surface area contributed by atoms with Crippen molar-refractivity contribution in [2.24, 2.45) is 5.92 Å². The topological polar surface area (TPSA) is 72.8 Å². The summed E-state index contributed by atoms with van der Waals surface area (Å²) < 4.78 is 13.0. The van der Waals surface area contributed by atoms with Gasteiger partial charge in [-0.2, -0.15) is 5.10 Å². The average Bonchev–Trinajstić information content (AvgIpc) is 3.30. The van der Waals surface area contributed by atoms with Crippen LogP contribution in [0, 0.1) is 5.92 Å². The number of nitrogens with zero attached hydrogens (tertiary/aromatic N) is 4. The van der Waals surface area contributed by atoms with E-state index in [1.807, 2.05) is 34.8 Å². The molecule has 7 heteroatoms. The van der Waals surface area contributed by atoms with Gasteiger partial charge in [0.1, 0.15) is 5.75 Å². The molecule has 2 aliphatic rings. The molecule has 0 bridgehead atoms. The highest BCUT2D eigenvalue weighted by atomic mass is 16.6. The number of amides is 1. The third kappa shape index (κ3) is 3.37. The second-order valence-corrected chi connectivity index (χ2v) is 6.76. The van der Waals surface area contributed by atoms with Crippen LogP contribution in [0.15, 0.2) is 30.6 Å². The number of carbonyl (C=O) groups is 1. The lowest BCUT2D eigenvalue weighted by Gasteiger charge is -2.40. The summed E-state index contributed by atoms with van der Waals surface area (Å²) in [6.07, 6.45) is 5.55. The Labute approximate surface area is 146 Å². The number of aromatic nitrogens is 3. The van der Waals surface area contributed by atoms with E-state index in [0.29, 0.717) is 25.2 Å². The van der Waals surface area contributed by atoms with Crippen molar-refractivity contribution in [1.29, 1.82) is 0 Å². The molecule has 3 heterocycles. The fourth-order valence-corrected chi connectivity index (χ4v) is 3.17. The van der Waals surface area contributed by atoms with Crippen LogP contribution in [0.1, 0.15) is 26.0 Å². The van der Waals surface area contributed by atoms with Crippen molar-refractivity contribution in [2.45, 2.75) is 32.0 Å². The van der Waals surface area contributed by atoms with Crippen LogP contribution in [0.3, 0.4) is 0 Å². The van der Waals surface area contributed by atoms with Gasteiger partial charge in [0.2, 0.25) is 5.91 Å². The number of rotatable bonds is 6. The lowest BCUT2D eigenvalue weighted by molar-refractivity contribution is -0.132. The Morgan fingerprint density at radius 3 is 2.84 bits per heavy atom. The molecule has 1 aliphatic heterocycles. The summed E-state index contributed by atoms with van der Waals surface area (Å²) >= 11 is 0. The summed E-state index contributed by atoms with van der Waals surface area (Å²) in [5.74, 6) is 1.39. The Bertz CT molecular complexity index is 748. The third-order valence-corrected chi connectivity index (χ3v) is 5.00. The molecule has 1 atom stereocenters. The van der Waals surface area contributed by atoms with Crippen LogP contribution in [-0.4, -0.2) is 51.9 Å². The summed E-state index contributed by atoms with van der Waals surface area (Å²) in [5.41, 5.74) is 1.80. The minimum absolute atomic E-state index is 0.0439. The molecule has 1 aliphatic carbocycles. The molecule has 2 fully saturated rings. The van der Waals surface area contributed by atoms with Crippen LogP contribution < -0.4 is 4.74 Å². The summed E-state index contributed by atoms with van der Waals surface area (Å²) in [6, 6.07) is 6.17. The fraction of sp³-hybridized carbons (Fsp3) is 0.500. The SMILES string of the molecule is CC(=O)N(C)C1CC(COc2ccc(-c3ccnn3C3CO3)nc2)C1. The number of hydrogen-bond donors (Lipinski definition) is 0. The van der Waals surface area contributed by atoms with Crippen LogP contribution in [0.5, 0.6) is 5.75 Å². The molecule has 2 aromatic rings. The lowest BCUT2D eigenvalue weighted by Crippen LogP contribution is -2.46. The number of hydrogen-bond acceptors (Lipinski definition) is 5. The van der Waals surface area contributed by atoms with Gasteiger partial charge in [-0.3, -0.25) is 9.78 Å². The van der Waals surface area contributed by atoms with Crippen LogP contribution in [-0.2, 0) is 9.53 Å². The van der Waals surface area contributed by atoms with Gasteiger partial charge < -0.3 is 14.4 Å². The van der Waals surface area contributed by atoms with E-state index in [1.165, 1.54) is 0 Å². The van der Waals surface area contributed by atoms with Crippen molar-refractivity contribution in [3.63, 3.8) is 0 Å². The molecule has 1 saturated carbocycles. The molecule has 4 rings (SSSR count). The summed E-state index contributed by atoms with van der Waals surface area (Å²) in [6.45, 7) is 2.98. The molecular weight excluding hydrogens is 320 g/mol. The monoisotopic (exact) mass is 342 g/mol. The third-order valence-electron chi connectivity index (χ3n) is 5.00. The van der Waals surface area contributed by atoms with E-state index in [4.69, 9.17) is 9.47 Å². The zero-order valence-corrected chi connectivity index (χ0v) is 14.5. The van der Waals surface area contributed by atoms with Crippen molar-refractivity contribution in [3.05, 3.63) is 30.6 Å². The van der Waals surface area contributed by atoms with Gasteiger partial charge in [-0.1, -0.05) is 0 Å². The van der Waals surface area contributed by atoms with E-state index >= 15 is 0 Å². The molecule has 1 saturated heterocycles. The molecule has 7 nitrogen and oxygen atoms in total. The Balaban J connectivity index is 1.30. The molecule has 132 valence electrons. The van der Waals surface area contributed by atoms with Gasteiger partial charge in [0.25, 0.3) is 0 Å². The summed E-state index contributed by atoms with van der Waals surface area (Å²) in [7, 11) is 1.87. The van der Waals surface area contributed by atoms with Crippen LogP contribution in [0.25, 0.3) is 11.4 Å². The molecule has 0 radical (unpaired) electrons. The predicted molar refractivity (Wildman–Crippen MR) is 90.9 cm³/mol. The first-order chi connectivity index (χ1) is 12.1. The molecule has 1 unspecified atom stereocenters. The first-order valence-electron chi connectivity index (χ1n) is 8.59. The first-order valence-corrected chi connectivity index (χ1v) is 8.59. The van der Waals surface area contributed by atoms with Gasteiger partial charge >= 0.3 is 0 Å². The van der Waals surface area contributed by atoms with Gasteiger partial charge in [-0.25, -0.2) is 4.68 Å². The van der Waals surface area contributed by atoms with E-state index in [0.717, 1.165) is 30.0 Å².